The molecule has 0 bridgehead atoms. The summed E-state index contributed by atoms with van der Waals surface area (Å²) in [5.41, 5.74) is 8.96. The van der Waals surface area contributed by atoms with Gasteiger partial charge in [-0.2, -0.15) is 0 Å². The van der Waals surface area contributed by atoms with Gasteiger partial charge in [-0.15, -0.1) is 24.8 Å². The summed E-state index contributed by atoms with van der Waals surface area (Å²) in [5.74, 6) is 1.62. The minimum atomic E-state index is -0.0765. The summed E-state index contributed by atoms with van der Waals surface area (Å²) in [4.78, 5) is 24.3. The molecule has 2 aliphatic heterocycles. The number of rotatable bonds is 4. The number of nitrogens with zero attached hydrogens (tertiary/aromatic N) is 3. The first-order valence-corrected chi connectivity index (χ1v) is 9.93. The molecule has 6 nitrogen and oxygen atoms in total. The lowest BCUT2D eigenvalue weighted by atomic mass is 10.0. The van der Waals surface area contributed by atoms with Crippen molar-refractivity contribution >= 4 is 36.5 Å². The van der Waals surface area contributed by atoms with Gasteiger partial charge in [0.25, 0.3) is 5.91 Å². The van der Waals surface area contributed by atoms with Crippen molar-refractivity contribution in [1.82, 2.24) is 15.3 Å². The monoisotopic (exact) mass is 437 g/mol. The largest absolute Gasteiger partial charge is 0.356 e. The highest BCUT2D eigenvalue weighted by atomic mass is 35.5. The zero-order chi connectivity index (χ0) is 18.6. The number of hydrogen-bond acceptors (Lipinski definition) is 5. The standard InChI is InChI=1S/C21H27N5O.2ClH/c22-16-7-4-13-26(14-11-16)20-17-10-12-23-21(27)19(17)24-18(25-20)9-8-15-5-2-1-3-6-15;;/h1-3,5-6,16H,4,7-14,22H2,(H,23,27);2*1H. The Balaban J connectivity index is 0.00000150. The molecule has 0 saturated carbocycles. The van der Waals surface area contributed by atoms with Gasteiger partial charge in [0.05, 0.1) is 0 Å². The van der Waals surface area contributed by atoms with Crippen LogP contribution in [-0.4, -0.2) is 41.6 Å². The fourth-order valence-electron chi connectivity index (χ4n) is 3.93. The lowest BCUT2D eigenvalue weighted by Gasteiger charge is -2.27. The molecule has 0 radical (unpaired) electrons. The van der Waals surface area contributed by atoms with Crippen molar-refractivity contribution < 1.29 is 4.79 Å². The number of hydrogen-bond donors (Lipinski definition) is 2. The highest BCUT2D eigenvalue weighted by Crippen LogP contribution is 2.26. The van der Waals surface area contributed by atoms with Gasteiger partial charge in [0, 0.05) is 37.7 Å². The summed E-state index contributed by atoms with van der Waals surface area (Å²) in [5, 5.41) is 2.92. The van der Waals surface area contributed by atoms with E-state index in [0.717, 1.165) is 68.8 Å². The van der Waals surface area contributed by atoms with Crippen LogP contribution in [0.2, 0.25) is 0 Å². The van der Waals surface area contributed by atoms with Crippen molar-refractivity contribution in [2.45, 2.75) is 44.6 Å². The average Bonchev–Trinajstić information content (AvgIpc) is 2.92. The van der Waals surface area contributed by atoms with E-state index in [1.54, 1.807) is 0 Å². The summed E-state index contributed by atoms with van der Waals surface area (Å²) in [6, 6.07) is 10.6. The molecule has 1 unspecified atom stereocenters. The number of halogens is 2. The quantitative estimate of drug-likeness (QED) is 0.767. The van der Waals surface area contributed by atoms with Crippen molar-refractivity contribution in [3.8, 4) is 0 Å². The van der Waals surface area contributed by atoms with E-state index in [0.29, 0.717) is 12.2 Å². The first-order chi connectivity index (χ1) is 13.2. The van der Waals surface area contributed by atoms with Gasteiger partial charge in [-0.3, -0.25) is 4.79 Å². The van der Waals surface area contributed by atoms with Crippen molar-refractivity contribution in [1.29, 1.82) is 0 Å². The van der Waals surface area contributed by atoms with Crippen LogP contribution in [0.15, 0.2) is 30.3 Å². The molecule has 4 rings (SSSR count). The second-order valence-electron chi connectivity index (χ2n) is 7.46. The summed E-state index contributed by atoms with van der Waals surface area (Å²) in [7, 11) is 0. The highest BCUT2D eigenvalue weighted by molar-refractivity contribution is 5.96. The van der Waals surface area contributed by atoms with Crippen molar-refractivity contribution in [2.75, 3.05) is 24.5 Å². The number of aryl methyl sites for hydroxylation is 2. The fraction of sp³-hybridized carbons (Fsp3) is 0.476. The number of anilines is 1. The van der Waals surface area contributed by atoms with Gasteiger partial charge in [0.15, 0.2) is 0 Å². The maximum absolute atomic E-state index is 12.4. The predicted octanol–water partition coefficient (Wildman–Crippen LogP) is 2.71. The number of nitrogens with one attached hydrogen (secondary N) is 1. The molecule has 1 aromatic heterocycles. The third kappa shape index (κ3) is 5.59. The van der Waals surface area contributed by atoms with Gasteiger partial charge in [-0.1, -0.05) is 30.3 Å². The lowest BCUT2D eigenvalue weighted by Crippen LogP contribution is -2.36. The van der Waals surface area contributed by atoms with Gasteiger partial charge in [-0.25, -0.2) is 9.97 Å². The topological polar surface area (TPSA) is 84.1 Å². The fourth-order valence-corrected chi connectivity index (χ4v) is 3.93. The van der Waals surface area contributed by atoms with Crippen molar-refractivity contribution in [2.24, 2.45) is 5.73 Å². The lowest BCUT2D eigenvalue weighted by molar-refractivity contribution is 0.0940. The molecule has 3 heterocycles. The average molecular weight is 438 g/mol. The Morgan fingerprint density at radius 2 is 1.86 bits per heavy atom. The van der Waals surface area contributed by atoms with Gasteiger partial charge < -0.3 is 16.0 Å². The molecule has 1 fully saturated rings. The Hall–Kier alpha value is -1.89. The van der Waals surface area contributed by atoms with Gasteiger partial charge in [0.1, 0.15) is 17.3 Å². The van der Waals surface area contributed by atoms with Crippen LogP contribution in [0.25, 0.3) is 0 Å². The number of amides is 1. The molecule has 1 amide bonds. The first kappa shape index (κ1) is 23.4. The molecule has 1 atom stereocenters. The molecule has 29 heavy (non-hydrogen) atoms. The van der Waals surface area contributed by atoms with Crippen LogP contribution in [0.5, 0.6) is 0 Å². The third-order valence-electron chi connectivity index (χ3n) is 5.46. The second kappa shape index (κ2) is 10.8. The number of carbonyl (C=O) groups is 1. The predicted molar refractivity (Wildman–Crippen MR) is 120 cm³/mol. The van der Waals surface area contributed by atoms with E-state index < -0.39 is 0 Å². The van der Waals surface area contributed by atoms with E-state index in [9.17, 15) is 4.79 Å². The van der Waals surface area contributed by atoms with Crippen LogP contribution in [0.3, 0.4) is 0 Å². The molecule has 8 heteroatoms. The Bertz CT molecular complexity index is 818. The van der Waals surface area contributed by atoms with E-state index in [4.69, 9.17) is 10.7 Å². The van der Waals surface area contributed by atoms with Crippen LogP contribution in [0.4, 0.5) is 5.82 Å². The van der Waals surface area contributed by atoms with E-state index in [1.165, 1.54) is 5.56 Å². The van der Waals surface area contributed by atoms with Crippen LogP contribution >= 0.6 is 24.8 Å². The Morgan fingerprint density at radius 1 is 1.07 bits per heavy atom. The SMILES string of the molecule is Cl.Cl.NC1CCCN(c2nc(CCc3ccccc3)nc3c2CCNC3=O)CC1. The third-order valence-corrected chi connectivity index (χ3v) is 5.46. The maximum Gasteiger partial charge on any atom is 0.270 e. The van der Waals surface area contributed by atoms with E-state index >= 15 is 0 Å². The highest BCUT2D eigenvalue weighted by Gasteiger charge is 2.27. The number of benzene rings is 1. The van der Waals surface area contributed by atoms with E-state index in [2.05, 4.69) is 27.3 Å². The Kier molecular flexibility index (Phi) is 8.68. The van der Waals surface area contributed by atoms with Gasteiger partial charge >= 0.3 is 0 Å². The molecule has 2 aromatic rings. The first-order valence-electron chi connectivity index (χ1n) is 9.93. The zero-order valence-electron chi connectivity index (χ0n) is 16.5. The van der Waals surface area contributed by atoms with Crippen LogP contribution < -0.4 is 16.0 Å². The van der Waals surface area contributed by atoms with Crippen LogP contribution in [0.1, 0.15) is 46.7 Å². The maximum atomic E-state index is 12.4. The molecule has 1 aromatic carbocycles. The molecule has 1 saturated heterocycles. The molecule has 0 spiro atoms. The smallest absolute Gasteiger partial charge is 0.270 e. The molecular weight excluding hydrogens is 409 g/mol. The van der Waals surface area contributed by atoms with Crippen molar-refractivity contribution in [3.63, 3.8) is 0 Å². The Labute approximate surface area is 184 Å². The number of fused-ring (bicyclic) bond motifs is 1. The second-order valence-corrected chi connectivity index (χ2v) is 7.46. The van der Waals surface area contributed by atoms with Crippen LogP contribution in [-0.2, 0) is 19.3 Å². The minimum Gasteiger partial charge on any atom is -0.356 e. The van der Waals surface area contributed by atoms with E-state index in [1.807, 2.05) is 18.2 Å². The zero-order valence-corrected chi connectivity index (χ0v) is 18.1. The van der Waals surface area contributed by atoms with Gasteiger partial charge in [0.2, 0.25) is 0 Å². The summed E-state index contributed by atoms with van der Waals surface area (Å²) in [6.45, 7) is 2.49. The molecule has 2 aliphatic rings. The number of aromatic nitrogens is 2. The number of carbonyl (C=O) groups excluding carboxylic acids is 1. The van der Waals surface area contributed by atoms with Crippen molar-refractivity contribution in [3.05, 3.63) is 53.0 Å². The molecule has 0 aliphatic carbocycles. The number of nitrogens with two attached hydrogens (primary N) is 1. The van der Waals surface area contributed by atoms with Gasteiger partial charge in [-0.05, 0) is 37.7 Å². The molecule has 3 N–H and O–H groups in total. The molecular formula is C21H29Cl2N5O. The summed E-state index contributed by atoms with van der Waals surface area (Å²) < 4.78 is 0. The Morgan fingerprint density at radius 3 is 2.66 bits per heavy atom. The van der Waals surface area contributed by atoms with Crippen LogP contribution in [0, 0.1) is 0 Å². The summed E-state index contributed by atoms with van der Waals surface area (Å²) >= 11 is 0. The summed E-state index contributed by atoms with van der Waals surface area (Å²) in [6.07, 6.45) is 5.45. The molecule has 158 valence electrons. The normalized spacial score (nSPS) is 18.6. The minimum absolute atomic E-state index is 0. The van der Waals surface area contributed by atoms with E-state index in [-0.39, 0.29) is 36.8 Å².